The zero-order chi connectivity index (χ0) is 18.7. The number of hydrogen-bond donors (Lipinski definition) is 2. The van der Waals surface area contributed by atoms with Crippen LogP contribution in [0.1, 0.15) is 32.6 Å². The first-order chi connectivity index (χ1) is 12.4. The topological polar surface area (TPSA) is 78.9 Å². The molecule has 0 saturated heterocycles. The summed E-state index contributed by atoms with van der Waals surface area (Å²) in [5, 5.41) is 12.0. The number of ether oxygens (including phenoxy) is 1. The van der Waals surface area contributed by atoms with Gasteiger partial charge in [0.1, 0.15) is 0 Å². The van der Waals surface area contributed by atoms with Crippen LogP contribution in [0, 0.1) is 11.7 Å². The molecule has 0 heterocycles. The van der Waals surface area contributed by atoms with Gasteiger partial charge in [-0.25, -0.2) is 4.39 Å². The number of hydrogen-bond acceptors (Lipinski definition) is 4. The molecule has 26 heavy (non-hydrogen) atoms. The number of halogens is 1. The fourth-order valence-electron chi connectivity index (χ4n) is 3.26. The number of carbonyl (C=O) groups excluding carboxylic acids is 1. The van der Waals surface area contributed by atoms with Crippen LogP contribution >= 0.6 is 0 Å². The van der Waals surface area contributed by atoms with E-state index >= 15 is 0 Å². The van der Waals surface area contributed by atoms with Crippen molar-refractivity contribution in [2.75, 3.05) is 13.1 Å². The van der Waals surface area contributed by atoms with Crippen molar-refractivity contribution in [2.24, 2.45) is 5.92 Å². The smallest absolute Gasteiger partial charge is 0.317 e. The maximum absolute atomic E-state index is 13.6. The Morgan fingerprint density at radius 1 is 1.35 bits per heavy atom. The molecule has 0 bridgehead atoms. The first-order valence-electron chi connectivity index (χ1n) is 9.09. The number of carbonyl (C=O) groups is 2. The van der Waals surface area contributed by atoms with Crippen molar-refractivity contribution >= 4 is 11.9 Å². The number of carboxylic acids is 1. The zero-order valence-electron chi connectivity index (χ0n) is 14.9. The van der Waals surface area contributed by atoms with Gasteiger partial charge >= 0.3 is 5.97 Å². The molecule has 2 saturated carbocycles. The van der Waals surface area contributed by atoms with Crippen molar-refractivity contribution in [1.29, 1.82) is 0 Å². The molecule has 0 spiro atoms. The molecule has 2 fully saturated rings. The van der Waals surface area contributed by atoms with Gasteiger partial charge in [0.05, 0.1) is 6.54 Å². The van der Waals surface area contributed by atoms with Crippen LogP contribution in [-0.2, 0) is 9.59 Å². The van der Waals surface area contributed by atoms with Crippen LogP contribution < -0.4 is 10.1 Å². The Labute approximate surface area is 152 Å². The van der Waals surface area contributed by atoms with E-state index in [9.17, 15) is 14.0 Å². The Balaban J connectivity index is 1.44. The first-order valence-corrected chi connectivity index (χ1v) is 9.09. The van der Waals surface area contributed by atoms with Gasteiger partial charge in [0, 0.05) is 18.6 Å². The van der Waals surface area contributed by atoms with E-state index in [2.05, 4.69) is 5.32 Å². The van der Waals surface area contributed by atoms with Gasteiger partial charge < -0.3 is 15.2 Å². The Kier molecular flexibility index (Phi) is 5.76. The maximum atomic E-state index is 13.6. The molecule has 2 aliphatic carbocycles. The molecule has 142 valence electrons. The van der Waals surface area contributed by atoms with Crippen molar-refractivity contribution in [1.82, 2.24) is 10.2 Å². The molecule has 0 radical (unpaired) electrons. The van der Waals surface area contributed by atoms with Crippen molar-refractivity contribution < 1.29 is 23.8 Å². The van der Waals surface area contributed by atoms with Crippen LogP contribution in [0.4, 0.5) is 4.39 Å². The van der Waals surface area contributed by atoms with Crippen LogP contribution in [0.3, 0.4) is 0 Å². The summed E-state index contributed by atoms with van der Waals surface area (Å²) < 4.78 is 19.0. The molecule has 2 N–H and O–H groups in total. The van der Waals surface area contributed by atoms with E-state index in [0.29, 0.717) is 5.92 Å². The number of amides is 1. The maximum Gasteiger partial charge on any atom is 0.317 e. The van der Waals surface area contributed by atoms with Crippen molar-refractivity contribution in [3.63, 3.8) is 0 Å². The Bertz CT molecular complexity index is 659. The van der Waals surface area contributed by atoms with E-state index in [1.165, 1.54) is 25.0 Å². The summed E-state index contributed by atoms with van der Waals surface area (Å²) in [7, 11) is 0. The van der Waals surface area contributed by atoms with E-state index in [4.69, 9.17) is 9.84 Å². The third kappa shape index (κ3) is 4.94. The highest BCUT2D eigenvalue weighted by atomic mass is 19.1. The quantitative estimate of drug-likeness (QED) is 0.701. The average molecular weight is 364 g/mol. The third-order valence-corrected chi connectivity index (χ3v) is 5.01. The average Bonchev–Trinajstić information content (AvgIpc) is 3.35. The van der Waals surface area contributed by atoms with E-state index < -0.39 is 17.9 Å². The molecule has 7 heteroatoms. The summed E-state index contributed by atoms with van der Waals surface area (Å²) >= 11 is 0. The summed E-state index contributed by atoms with van der Waals surface area (Å²) in [6, 6.07) is 6.19. The summed E-state index contributed by atoms with van der Waals surface area (Å²) in [4.78, 5) is 25.3. The predicted molar refractivity (Wildman–Crippen MR) is 93.4 cm³/mol. The highest BCUT2D eigenvalue weighted by Crippen LogP contribution is 2.33. The Morgan fingerprint density at radius 3 is 2.65 bits per heavy atom. The minimum atomic E-state index is -0.815. The van der Waals surface area contributed by atoms with E-state index in [0.717, 1.165) is 19.4 Å². The number of benzene rings is 1. The van der Waals surface area contributed by atoms with Crippen LogP contribution in [-0.4, -0.2) is 53.2 Å². The molecule has 1 amide bonds. The minimum absolute atomic E-state index is 0.00895. The van der Waals surface area contributed by atoms with E-state index in [1.54, 1.807) is 19.1 Å². The fraction of sp³-hybridized carbons (Fsp3) is 0.579. The molecule has 1 aromatic rings. The molecule has 1 aromatic carbocycles. The zero-order valence-corrected chi connectivity index (χ0v) is 14.9. The van der Waals surface area contributed by atoms with Gasteiger partial charge in [-0.3, -0.25) is 14.5 Å². The van der Waals surface area contributed by atoms with Gasteiger partial charge in [-0.2, -0.15) is 0 Å². The molecule has 6 nitrogen and oxygen atoms in total. The van der Waals surface area contributed by atoms with Crippen molar-refractivity contribution in [3.8, 4) is 5.75 Å². The summed E-state index contributed by atoms with van der Waals surface area (Å²) in [5.41, 5.74) is 0. The molecule has 3 rings (SSSR count). The minimum Gasteiger partial charge on any atom is -0.480 e. The summed E-state index contributed by atoms with van der Waals surface area (Å²) in [5.74, 6) is -0.926. The second kappa shape index (κ2) is 8.03. The van der Waals surface area contributed by atoms with Gasteiger partial charge in [-0.05, 0) is 50.7 Å². The van der Waals surface area contributed by atoms with Crippen molar-refractivity contribution in [2.45, 2.75) is 50.8 Å². The lowest BCUT2D eigenvalue weighted by atomic mass is 9.85. The van der Waals surface area contributed by atoms with Crippen molar-refractivity contribution in [3.05, 3.63) is 30.1 Å². The van der Waals surface area contributed by atoms with E-state index in [-0.39, 0.29) is 30.3 Å². The van der Waals surface area contributed by atoms with Crippen LogP contribution in [0.15, 0.2) is 24.3 Å². The lowest BCUT2D eigenvalue weighted by Crippen LogP contribution is -2.56. The van der Waals surface area contributed by atoms with Crippen LogP contribution in [0.25, 0.3) is 0 Å². The predicted octanol–water partition coefficient (Wildman–Crippen LogP) is 2.04. The Hall–Kier alpha value is -2.15. The molecule has 1 unspecified atom stereocenters. The lowest BCUT2D eigenvalue weighted by Gasteiger charge is -2.43. The number of nitrogens with zero attached hydrogens (tertiary/aromatic N) is 1. The molecular formula is C19H25FN2O4. The molecule has 0 aromatic heterocycles. The van der Waals surface area contributed by atoms with Crippen LogP contribution in [0.5, 0.6) is 5.75 Å². The third-order valence-electron chi connectivity index (χ3n) is 5.01. The number of rotatable bonds is 9. The molecule has 0 aliphatic heterocycles. The highest BCUT2D eigenvalue weighted by Gasteiger charge is 2.38. The van der Waals surface area contributed by atoms with Crippen LogP contribution in [0.2, 0.25) is 0 Å². The summed E-state index contributed by atoms with van der Waals surface area (Å²) in [6.07, 6.45) is 3.02. The van der Waals surface area contributed by atoms with Gasteiger partial charge in [0.25, 0.3) is 5.91 Å². The van der Waals surface area contributed by atoms with Gasteiger partial charge in [0.15, 0.2) is 17.7 Å². The van der Waals surface area contributed by atoms with Gasteiger partial charge in [0.2, 0.25) is 0 Å². The van der Waals surface area contributed by atoms with E-state index in [1.807, 2.05) is 4.90 Å². The van der Waals surface area contributed by atoms with Gasteiger partial charge in [-0.15, -0.1) is 0 Å². The van der Waals surface area contributed by atoms with Gasteiger partial charge in [-0.1, -0.05) is 12.1 Å². The first kappa shape index (κ1) is 18.6. The molecule has 1 atom stereocenters. The lowest BCUT2D eigenvalue weighted by molar-refractivity contribution is -0.140. The summed E-state index contributed by atoms with van der Waals surface area (Å²) in [6.45, 7) is 2.46. The second-order valence-electron chi connectivity index (χ2n) is 7.29. The fourth-order valence-corrected chi connectivity index (χ4v) is 3.26. The Morgan fingerprint density at radius 2 is 2.04 bits per heavy atom. The number of aliphatic carboxylic acids is 1. The molecule has 2 aliphatic rings. The molecular weight excluding hydrogens is 339 g/mol. The number of carboxylic acid groups (broad SMARTS) is 1. The standard InChI is InChI=1S/C19H25FN2O4/c1-12(26-17-5-3-2-4-16(17)20)19(25)21-14-8-15(9-14)22(11-18(23)24)10-13-6-7-13/h2-5,12-15H,6-11H2,1H3,(H,21,25)(H,23,24). The largest absolute Gasteiger partial charge is 0.480 e. The number of nitrogens with one attached hydrogen (secondary N) is 1. The highest BCUT2D eigenvalue weighted by molar-refractivity contribution is 5.81. The SMILES string of the molecule is CC(Oc1ccccc1F)C(=O)NC1CC(N(CC(=O)O)CC2CC2)C1. The second-order valence-corrected chi connectivity index (χ2v) is 7.29. The monoisotopic (exact) mass is 364 g/mol. The normalized spacial score (nSPS) is 23.2. The number of para-hydroxylation sites is 1.